The molecule has 1 unspecified atom stereocenters. The van der Waals surface area contributed by atoms with Crippen molar-refractivity contribution in [1.82, 2.24) is 4.90 Å². The highest BCUT2D eigenvalue weighted by atomic mass is 32.1. The topological polar surface area (TPSA) is 40.5 Å². The van der Waals surface area contributed by atoms with Crippen LogP contribution >= 0.6 is 22.7 Å². The van der Waals surface area contributed by atoms with Crippen molar-refractivity contribution in [3.05, 3.63) is 49.9 Å². The summed E-state index contributed by atoms with van der Waals surface area (Å²) in [6.45, 7) is 7.04. The number of hydrogen-bond donors (Lipinski definition) is 1. The predicted octanol–water partition coefficient (Wildman–Crippen LogP) is 5.30. The van der Waals surface area contributed by atoms with Crippen molar-refractivity contribution in [3.63, 3.8) is 0 Å². The van der Waals surface area contributed by atoms with Crippen LogP contribution in [0.1, 0.15) is 47.1 Å². The van der Waals surface area contributed by atoms with Crippen LogP contribution in [0, 0.1) is 12.8 Å². The molecule has 0 spiro atoms. The Balaban J connectivity index is 1.75. The molecule has 0 saturated carbocycles. The largest absolute Gasteiger partial charge is 0.481 e. The van der Waals surface area contributed by atoms with Gasteiger partial charge >= 0.3 is 5.97 Å². The highest BCUT2D eigenvalue weighted by Gasteiger charge is 2.24. The molecular formula is C21H27NO2S2. The number of aryl methyl sites for hydroxylation is 2. The van der Waals surface area contributed by atoms with Crippen molar-refractivity contribution in [2.24, 2.45) is 5.92 Å². The second-order valence-corrected chi connectivity index (χ2v) is 8.78. The SMILES string of the molecule is CCc1ccsc1/C(=C/CCN1CCCC(C(=O)O)C1)c1sccc1C. The highest BCUT2D eigenvalue weighted by Crippen LogP contribution is 2.36. The Labute approximate surface area is 164 Å². The van der Waals surface area contributed by atoms with Gasteiger partial charge in [-0.05, 0) is 73.2 Å². The first-order valence-electron chi connectivity index (χ1n) is 9.36. The molecule has 1 saturated heterocycles. The van der Waals surface area contributed by atoms with Gasteiger partial charge in [0.2, 0.25) is 0 Å². The number of nitrogens with zero attached hydrogens (tertiary/aromatic N) is 1. The molecule has 5 heteroatoms. The van der Waals surface area contributed by atoms with Gasteiger partial charge in [-0.2, -0.15) is 0 Å². The van der Waals surface area contributed by atoms with E-state index in [1.165, 1.54) is 26.5 Å². The molecule has 2 aromatic rings. The van der Waals surface area contributed by atoms with Crippen molar-refractivity contribution in [2.75, 3.05) is 19.6 Å². The maximum Gasteiger partial charge on any atom is 0.307 e. The summed E-state index contributed by atoms with van der Waals surface area (Å²) in [4.78, 5) is 16.3. The van der Waals surface area contributed by atoms with Crippen LogP contribution in [0.5, 0.6) is 0 Å². The molecular weight excluding hydrogens is 362 g/mol. The molecule has 1 aliphatic rings. The summed E-state index contributed by atoms with van der Waals surface area (Å²) >= 11 is 3.64. The third-order valence-electron chi connectivity index (χ3n) is 5.13. The number of thiophene rings is 2. The van der Waals surface area contributed by atoms with Gasteiger partial charge in [0.1, 0.15) is 0 Å². The van der Waals surface area contributed by atoms with Crippen molar-refractivity contribution in [2.45, 2.75) is 39.5 Å². The lowest BCUT2D eigenvalue weighted by Gasteiger charge is -2.30. The fourth-order valence-corrected chi connectivity index (χ4v) is 5.72. The molecule has 3 rings (SSSR count). The van der Waals surface area contributed by atoms with Gasteiger partial charge in [0.25, 0.3) is 0 Å². The summed E-state index contributed by atoms with van der Waals surface area (Å²) in [5.74, 6) is -0.845. The highest BCUT2D eigenvalue weighted by molar-refractivity contribution is 7.14. The van der Waals surface area contributed by atoms with Crippen LogP contribution in [0.25, 0.3) is 5.57 Å². The Kier molecular flexibility index (Phi) is 6.68. The summed E-state index contributed by atoms with van der Waals surface area (Å²) < 4.78 is 0. The van der Waals surface area contributed by atoms with Crippen molar-refractivity contribution in [1.29, 1.82) is 0 Å². The van der Waals surface area contributed by atoms with Gasteiger partial charge in [0.15, 0.2) is 0 Å². The number of aliphatic carboxylic acids is 1. The molecule has 3 heterocycles. The van der Waals surface area contributed by atoms with E-state index in [4.69, 9.17) is 0 Å². The number of piperidine rings is 1. The molecule has 2 aromatic heterocycles. The van der Waals surface area contributed by atoms with E-state index < -0.39 is 5.97 Å². The van der Waals surface area contributed by atoms with E-state index in [9.17, 15) is 9.90 Å². The van der Waals surface area contributed by atoms with Crippen LogP contribution < -0.4 is 0 Å². The fraction of sp³-hybridized carbons (Fsp3) is 0.476. The van der Waals surface area contributed by atoms with E-state index >= 15 is 0 Å². The quantitative estimate of drug-likeness (QED) is 0.699. The van der Waals surface area contributed by atoms with Crippen molar-refractivity contribution < 1.29 is 9.90 Å². The van der Waals surface area contributed by atoms with Gasteiger partial charge in [-0.15, -0.1) is 22.7 Å². The van der Waals surface area contributed by atoms with Gasteiger partial charge in [0.05, 0.1) is 5.92 Å². The third kappa shape index (κ3) is 4.45. The van der Waals surface area contributed by atoms with Crippen LogP contribution in [-0.4, -0.2) is 35.6 Å². The molecule has 0 aromatic carbocycles. The van der Waals surface area contributed by atoms with Crippen LogP contribution in [-0.2, 0) is 11.2 Å². The van der Waals surface area contributed by atoms with Crippen LogP contribution in [0.2, 0.25) is 0 Å². The van der Waals surface area contributed by atoms with Crippen LogP contribution in [0.3, 0.4) is 0 Å². The Morgan fingerprint density at radius 3 is 2.77 bits per heavy atom. The molecule has 26 heavy (non-hydrogen) atoms. The third-order valence-corrected chi connectivity index (χ3v) is 7.17. The van der Waals surface area contributed by atoms with Crippen LogP contribution in [0.15, 0.2) is 29.0 Å². The van der Waals surface area contributed by atoms with Gasteiger partial charge in [-0.25, -0.2) is 0 Å². The number of rotatable bonds is 7. The summed E-state index contributed by atoms with van der Waals surface area (Å²) in [5.41, 5.74) is 4.11. The fourth-order valence-electron chi connectivity index (χ4n) is 3.64. The first-order valence-corrected chi connectivity index (χ1v) is 11.1. The van der Waals surface area contributed by atoms with E-state index in [1.54, 1.807) is 0 Å². The smallest absolute Gasteiger partial charge is 0.307 e. The Morgan fingerprint density at radius 1 is 1.31 bits per heavy atom. The van der Waals surface area contributed by atoms with Crippen molar-refractivity contribution >= 4 is 34.2 Å². The number of carboxylic acid groups (broad SMARTS) is 1. The maximum absolute atomic E-state index is 11.3. The van der Waals surface area contributed by atoms with Gasteiger partial charge in [-0.1, -0.05) is 13.0 Å². The summed E-state index contributed by atoms with van der Waals surface area (Å²) in [6.07, 6.45) is 6.18. The number of carboxylic acids is 1. The average Bonchev–Trinajstić information content (AvgIpc) is 3.28. The molecule has 140 valence electrons. The second-order valence-electron chi connectivity index (χ2n) is 6.95. The Hall–Kier alpha value is -1.43. The van der Waals surface area contributed by atoms with E-state index in [1.807, 2.05) is 22.7 Å². The van der Waals surface area contributed by atoms with E-state index in [-0.39, 0.29) is 5.92 Å². The zero-order valence-electron chi connectivity index (χ0n) is 15.5. The molecule has 1 atom stereocenters. The molecule has 0 radical (unpaired) electrons. The van der Waals surface area contributed by atoms with E-state index in [0.717, 1.165) is 38.8 Å². The first kappa shape index (κ1) is 19.3. The molecule has 1 N–H and O–H groups in total. The van der Waals surface area contributed by atoms with Crippen LogP contribution in [0.4, 0.5) is 0 Å². The predicted molar refractivity (Wildman–Crippen MR) is 111 cm³/mol. The second kappa shape index (κ2) is 8.98. The van der Waals surface area contributed by atoms with Gasteiger partial charge < -0.3 is 10.0 Å². The Bertz CT molecular complexity index is 775. The maximum atomic E-state index is 11.3. The lowest BCUT2D eigenvalue weighted by atomic mass is 9.98. The zero-order valence-corrected chi connectivity index (χ0v) is 17.2. The molecule has 1 aliphatic heterocycles. The lowest BCUT2D eigenvalue weighted by Crippen LogP contribution is -2.39. The lowest BCUT2D eigenvalue weighted by molar-refractivity contribution is -0.143. The minimum Gasteiger partial charge on any atom is -0.481 e. The van der Waals surface area contributed by atoms with Gasteiger partial charge in [0, 0.05) is 28.4 Å². The first-order chi connectivity index (χ1) is 12.6. The number of carbonyl (C=O) groups is 1. The number of likely N-dealkylation sites (tertiary alicyclic amines) is 1. The van der Waals surface area contributed by atoms with E-state index in [2.05, 4.69) is 47.7 Å². The summed E-state index contributed by atoms with van der Waals surface area (Å²) in [5, 5.41) is 13.6. The summed E-state index contributed by atoms with van der Waals surface area (Å²) in [7, 11) is 0. The summed E-state index contributed by atoms with van der Waals surface area (Å²) in [6, 6.07) is 4.42. The van der Waals surface area contributed by atoms with Crippen molar-refractivity contribution in [3.8, 4) is 0 Å². The molecule has 0 bridgehead atoms. The minimum atomic E-state index is -0.647. The number of hydrogen-bond acceptors (Lipinski definition) is 4. The van der Waals surface area contributed by atoms with E-state index in [0.29, 0.717) is 6.54 Å². The Morgan fingerprint density at radius 2 is 2.08 bits per heavy atom. The monoisotopic (exact) mass is 389 g/mol. The minimum absolute atomic E-state index is 0.198. The molecule has 1 fully saturated rings. The molecule has 0 amide bonds. The average molecular weight is 390 g/mol. The van der Waals surface area contributed by atoms with Gasteiger partial charge in [-0.3, -0.25) is 4.79 Å². The standard InChI is InChI=1S/C21H27NO2S2/c1-3-16-9-13-26-20(16)18(19-15(2)8-12-25-19)7-5-11-22-10-4-6-17(14-22)21(23)24/h7-9,12-13,17H,3-6,10-11,14H2,1-2H3,(H,23,24)/b18-7+. The molecule has 3 nitrogen and oxygen atoms in total. The normalized spacial score (nSPS) is 19.0. The molecule has 0 aliphatic carbocycles. The zero-order chi connectivity index (χ0) is 18.5.